The van der Waals surface area contributed by atoms with E-state index in [1.165, 1.54) is 4.90 Å². The van der Waals surface area contributed by atoms with E-state index in [2.05, 4.69) is 0 Å². The molecule has 0 aliphatic carbocycles. The van der Waals surface area contributed by atoms with Crippen molar-refractivity contribution in [3.8, 4) is 11.8 Å². The van der Waals surface area contributed by atoms with Crippen LogP contribution in [0.15, 0.2) is 78.5 Å². The second-order valence-corrected chi connectivity index (χ2v) is 18.5. The van der Waals surface area contributed by atoms with Crippen molar-refractivity contribution in [3.05, 3.63) is 113 Å². The van der Waals surface area contributed by atoms with Gasteiger partial charge < -0.3 is 20.0 Å². The molecule has 1 atom stereocenters. The van der Waals surface area contributed by atoms with Gasteiger partial charge in [0, 0.05) is 65.9 Å². The highest BCUT2D eigenvalue weighted by Gasteiger charge is 2.49. The number of halogens is 4. The highest BCUT2D eigenvalue weighted by molar-refractivity contribution is 7.86. The summed E-state index contributed by atoms with van der Waals surface area (Å²) >= 11 is 0. The number of unbranched alkanes of at least 4 members (excludes halogenated alkanes) is 4. The van der Waals surface area contributed by atoms with Gasteiger partial charge in [0.05, 0.1) is 28.0 Å². The van der Waals surface area contributed by atoms with Crippen LogP contribution < -0.4 is 14.3 Å². The molecule has 1 aliphatic heterocycles. The van der Waals surface area contributed by atoms with Gasteiger partial charge in [-0.3, -0.25) is 9.11 Å². The summed E-state index contributed by atoms with van der Waals surface area (Å²) in [6, 6.07) is 17.2. The summed E-state index contributed by atoms with van der Waals surface area (Å²) in [5.74, 6) is -10.0. The Morgan fingerprint density at radius 2 is 1.31 bits per heavy atom. The number of carbonyl (C=O) groups excluding carboxylic acids is 1. The molecule has 2 aromatic heterocycles. The second-order valence-electron chi connectivity index (χ2n) is 15.3. The molecule has 0 saturated heterocycles. The van der Waals surface area contributed by atoms with E-state index >= 15 is 17.6 Å². The first-order valence-corrected chi connectivity index (χ1v) is 23.1. The Kier molecular flexibility index (Phi) is 14.0. The number of pyridine rings is 1. The number of aromatic hydroxyl groups is 2. The number of hydrogen-bond acceptors (Lipinski definition) is 9. The fraction of sp³-hybridized carbons (Fsp3) is 0.349. The molecule has 0 spiro atoms. The molecule has 0 radical (unpaired) electrons. The van der Waals surface area contributed by atoms with Crippen LogP contribution in [0.5, 0.6) is 11.8 Å². The van der Waals surface area contributed by atoms with Crippen molar-refractivity contribution in [3.63, 3.8) is 0 Å². The molecule has 3 aromatic carbocycles. The molecule has 19 heteroatoms. The molecule has 332 valence electrons. The molecule has 13 nitrogen and oxygen atoms in total. The Hall–Kier alpha value is -5.50. The van der Waals surface area contributed by atoms with Gasteiger partial charge in [0.25, 0.3) is 20.2 Å². The lowest BCUT2D eigenvalue weighted by molar-refractivity contribution is -0.645. The summed E-state index contributed by atoms with van der Waals surface area (Å²) in [5.41, 5.74) is 0.131. The third kappa shape index (κ3) is 10.1. The smallest absolute Gasteiger partial charge is 0.333 e. The highest BCUT2D eigenvalue weighted by atomic mass is 32.2. The van der Waals surface area contributed by atoms with Crippen molar-refractivity contribution < 1.29 is 67.9 Å². The number of hydrogen-bond donors (Lipinski definition) is 4. The normalized spacial score (nSPS) is 16.3. The van der Waals surface area contributed by atoms with E-state index < -0.39 is 83.7 Å². The molecule has 0 amide bonds. The molecule has 0 saturated carbocycles. The number of anilines is 1. The SMILES string of the molecule is CC1(CCCCCC(=O)On2c(O)ccc2O)C(=CC=Cc2c3ccccc3[n+](CCCCS(=O)(=O)O)c3ccccc23)N(CCCCS(=O)(=O)O)c2c(F)c(F)c(F)c(F)c21. The molecule has 0 fully saturated rings. The highest BCUT2D eigenvalue weighted by Crippen LogP contribution is 2.54. The van der Waals surface area contributed by atoms with Crippen LogP contribution in [0.1, 0.15) is 75.8 Å². The second kappa shape index (κ2) is 18.9. The van der Waals surface area contributed by atoms with Gasteiger partial charge in [-0.05, 0) is 57.2 Å². The van der Waals surface area contributed by atoms with Crippen molar-refractivity contribution >= 4 is 59.8 Å². The molecule has 4 N–H and O–H groups in total. The summed E-state index contributed by atoms with van der Waals surface area (Å²) < 4.78 is 129. The predicted octanol–water partition coefficient (Wildman–Crippen LogP) is 7.67. The molecule has 5 aromatic rings. The number of nitrogens with zero attached hydrogens (tertiary/aromatic N) is 3. The Labute approximate surface area is 355 Å². The van der Waals surface area contributed by atoms with Crippen LogP contribution in [-0.4, -0.2) is 64.9 Å². The monoisotopic (exact) mass is 904 g/mol. The van der Waals surface area contributed by atoms with E-state index in [1.54, 1.807) is 25.2 Å². The first-order valence-electron chi connectivity index (χ1n) is 19.9. The fourth-order valence-electron chi connectivity index (χ4n) is 8.16. The number of rotatable bonds is 19. The summed E-state index contributed by atoms with van der Waals surface area (Å²) in [6.07, 6.45) is 6.34. The van der Waals surface area contributed by atoms with Gasteiger partial charge in [0.1, 0.15) is 6.54 Å². The van der Waals surface area contributed by atoms with E-state index in [0.29, 0.717) is 24.1 Å². The van der Waals surface area contributed by atoms with Crippen LogP contribution in [0.25, 0.3) is 27.9 Å². The van der Waals surface area contributed by atoms with Gasteiger partial charge >= 0.3 is 5.97 Å². The Bertz CT molecular complexity index is 2720. The number of aromatic nitrogens is 2. The van der Waals surface area contributed by atoms with Gasteiger partial charge in [-0.25, -0.2) is 22.4 Å². The van der Waals surface area contributed by atoms with Gasteiger partial charge in [0.2, 0.25) is 22.8 Å². The molecular formula is C43H46F4N3O10S2+. The minimum Gasteiger partial charge on any atom is -0.492 e. The largest absolute Gasteiger partial charge is 0.492 e. The summed E-state index contributed by atoms with van der Waals surface area (Å²) in [5, 5.41) is 21.2. The molecule has 62 heavy (non-hydrogen) atoms. The first kappa shape index (κ1) is 46.0. The summed E-state index contributed by atoms with van der Waals surface area (Å²) in [4.78, 5) is 18.8. The molecule has 1 unspecified atom stereocenters. The van der Waals surface area contributed by atoms with Gasteiger partial charge in [-0.15, -0.1) is 4.73 Å². The Morgan fingerprint density at radius 3 is 1.90 bits per heavy atom. The van der Waals surface area contributed by atoms with E-state index in [4.69, 9.17) is 4.84 Å². The third-order valence-corrected chi connectivity index (χ3v) is 12.6. The van der Waals surface area contributed by atoms with Crippen LogP contribution in [-0.2, 0) is 37.0 Å². The maximum Gasteiger partial charge on any atom is 0.333 e. The Balaban J connectivity index is 1.38. The number of para-hydroxylation sites is 2. The van der Waals surface area contributed by atoms with E-state index in [0.717, 1.165) is 39.5 Å². The van der Waals surface area contributed by atoms with Gasteiger partial charge in [-0.2, -0.15) is 21.4 Å². The Morgan fingerprint density at radius 1 is 0.742 bits per heavy atom. The maximum atomic E-state index is 16.1. The topological polar surface area (TPSA) is 188 Å². The third-order valence-electron chi connectivity index (χ3n) is 11.0. The average molecular weight is 905 g/mol. The van der Waals surface area contributed by atoms with E-state index in [1.807, 2.05) is 53.1 Å². The molecular weight excluding hydrogens is 859 g/mol. The average Bonchev–Trinajstić information content (AvgIpc) is 3.66. The predicted molar refractivity (Wildman–Crippen MR) is 223 cm³/mol. The number of benzene rings is 3. The van der Waals surface area contributed by atoms with E-state index in [9.17, 15) is 40.9 Å². The minimum atomic E-state index is -4.37. The zero-order valence-electron chi connectivity index (χ0n) is 33.6. The number of fused-ring (bicyclic) bond motifs is 3. The first-order chi connectivity index (χ1) is 29.3. The van der Waals surface area contributed by atoms with Gasteiger partial charge in [0.15, 0.2) is 23.3 Å². The van der Waals surface area contributed by atoms with Crippen LogP contribution in [0.4, 0.5) is 23.2 Å². The van der Waals surface area contributed by atoms with Crippen LogP contribution in [0, 0.1) is 23.3 Å². The van der Waals surface area contributed by atoms with Crippen molar-refractivity contribution in [2.24, 2.45) is 0 Å². The van der Waals surface area contributed by atoms with Crippen LogP contribution in [0.2, 0.25) is 0 Å². The molecule has 3 heterocycles. The summed E-state index contributed by atoms with van der Waals surface area (Å²) in [6.45, 7) is 1.83. The zero-order valence-corrected chi connectivity index (χ0v) is 35.2. The van der Waals surface area contributed by atoms with Crippen LogP contribution >= 0.6 is 0 Å². The maximum absolute atomic E-state index is 16.1. The summed E-state index contributed by atoms with van der Waals surface area (Å²) in [7, 11) is -8.50. The zero-order chi connectivity index (χ0) is 45.0. The van der Waals surface area contributed by atoms with E-state index in [-0.39, 0.29) is 62.9 Å². The lowest BCUT2D eigenvalue weighted by Gasteiger charge is -2.30. The number of allylic oxidation sites excluding steroid dienone is 3. The van der Waals surface area contributed by atoms with Crippen molar-refractivity contribution in [1.29, 1.82) is 0 Å². The lowest BCUT2D eigenvalue weighted by atomic mass is 9.76. The van der Waals surface area contributed by atoms with Crippen molar-refractivity contribution in [2.75, 3.05) is 23.0 Å². The molecule has 1 aliphatic rings. The lowest BCUT2D eigenvalue weighted by Crippen LogP contribution is -2.36. The van der Waals surface area contributed by atoms with Crippen molar-refractivity contribution in [1.82, 2.24) is 4.73 Å². The number of aryl methyl sites for hydroxylation is 1. The quantitative estimate of drug-likeness (QED) is 0.0121. The van der Waals surface area contributed by atoms with Gasteiger partial charge in [-0.1, -0.05) is 49.3 Å². The molecule has 6 rings (SSSR count). The standard InChI is InChI=1S/C43H45F4N3O10S2/c1-43(23-8-2-3-20-36(53)60-50-34(51)21-22-35(50)52)33(49(25-10-12-27-62(57,58)59)42-37(43)38(44)39(45)40(46)41(42)47)19-13-16-28-29-14-4-6-17-31(29)48(24-9-11-26-61(54,55)56)32-18-7-5-15-30(28)32/h4-7,13-19,21-22H,2-3,8-12,20,23-27H2,1H3,(H3-,51,52,54,55,56,57,58,59)/p+1. The molecule has 0 bridgehead atoms. The minimum absolute atomic E-state index is 0.0171. The van der Waals surface area contributed by atoms with Crippen LogP contribution in [0.3, 0.4) is 0 Å². The number of carbonyl (C=O) groups is 1. The fourth-order valence-corrected chi connectivity index (χ4v) is 9.30. The van der Waals surface area contributed by atoms with Crippen molar-refractivity contribution in [2.45, 2.75) is 76.7 Å².